The highest BCUT2D eigenvalue weighted by atomic mass is 16.5. The van der Waals surface area contributed by atoms with Gasteiger partial charge in [0, 0.05) is 44.1 Å². The molecular formula is C21H27N5O2. The highest BCUT2D eigenvalue weighted by Gasteiger charge is 2.46. The van der Waals surface area contributed by atoms with Gasteiger partial charge in [0.2, 0.25) is 5.95 Å². The molecule has 1 unspecified atom stereocenters. The summed E-state index contributed by atoms with van der Waals surface area (Å²) in [5.74, 6) is 0.709. The molecule has 7 heteroatoms. The number of para-hydroxylation sites is 1. The van der Waals surface area contributed by atoms with Crippen LogP contribution in [0.4, 0.5) is 16.4 Å². The Bertz CT molecular complexity index is 914. The summed E-state index contributed by atoms with van der Waals surface area (Å²) in [6.07, 6.45) is 0.838. The average molecular weight is 381 g/mol. The van der Waals surface area contributed by atoms with E-state index in [1.165, 1.54) is 0 Å². The molecule has 3 heterocycles. The lowest BCUT2D eigenvalue weighted by atomic mass is 9.80. The van der Waals surface area contributed by atoms with Gasteiger partial charge in [0.05, 0.1) is 24.3 Å². The van der Waals surface area contributed by atoms with Crippen LogP contribution in [0.15, 0.2) is 24.3 Å². The smallest absolute Gasteiger partial charge is 0.321 e. The molecule has 2 aliphatic heterocycles. The summed E-state index contributed by atoms with van der Waals surface area (Å²) in [5.41, 5.74) is 4.70. The SMILES string of the molecule is Cc1ccccc1NC(=O)N1CCC2(COCc3c(C)nc(N(C)C)nc32)C1. The maximum Gasteiger partial charge on any atom is 0.321 e. The quantitative estimate of drug-likeness (QED) is 0.866. The van der Waals surface area contributed by atoms with Crippen molar-refractivity contribution in [1.82, 2.24) is 14.9 Å². The summed E-state index contributed by atoms with van der Waals surface area (Å²) in [6, 6.07) is 7.75. The molecule has 1 spiro atoms. The first-order chi connectivity index (χ1) is 13.4. The van der Waals surface area contributed by atoms with Gasteiger partial charge in [-0.05, 0) is 31.9 Å². The molecule has 1 N–H and O–H groups in total. The monoisotopic (exact) mass is 381 g/mol. The molecule has 28 heavy (non-hydrogen) atoms. The summed E-state index contributed by atoms with van der Waals surface area (Å²) < 4.78 is 5.93. The number of amides is 2. The van der Waals surface area contributed by atoms with Crippen molar-refractivity contribution in [2.75, 3.05) is 44.0 Å². The normalized spacial score (nSPS) is 20.9. The van der Waals surface area contributed by atoms with Gasteiger partial charge in [-0.2, -0.15) is 0 Å². The summed E-state index contributed by atoms with van der Waals surface area (Å²) in [4.78, 5) is 26.2. The van der Waals surface area contributed by atoms with Crippen LogP contribution in [0.5, 0.6) is 0 Å². The molecule has 1 fully saturated rings. The van der Waals surface area contributed by atoms with Crippen LogP contribution in [0.2, 0.25) is 0 Å². The molecule has 148 valence electrons. The third kappa shape index (κ3) is 3.20. The third-order valence-electron chi connectivity index (χ3n) is 5.76. The van der Waals surface area contributed by atoms with E-state index < -0.39 is 0 Å². The number of hydrogen-bond acceptors (Lipinski definition) is 5. The van der Waals surface area contributed by atoms with E-state index >= 15 is 0 Å². The lowest BCUT2D eigenvalue weighted by Crippen LogP contribution is -2.43. The predicted octanol–water partition coefficient (Wildman–Crippen LogP) is 2.87. The molecule has 1 atom stereocenters. The standard InChI is InChI=1S/C21H27N5O2/c1-14-7-5-6-8-17(14)23-20(27)26-10-9-21(12-26)13-28-11-16-15(2)22-19(25(3)4)24-18(16)21/h5-8H,9-13H2,1-4H3,(H,23,27). The summed E-state index contributed by atoms with van der Waals surface area (Å²) in [6.45, 7) is 6.40. The Morgan fingerprint density at radius 1 is 1.25 bits per heavy atom. The van der Waals surface area contributed by atoms with Crippen LogP contribution in [-0.4, -0.2) is 54.7 Å². The fraction of sp³-hybridized carbons (Fsp3) is 0.476. The van der Waals surface area contributed by atoms with Crippen molar-refractivity contribution in [1.29, 1.82) is 0 Å². The van der Waals surface area contributed by atoms with Crippen LogP contribution in [0.25, 0.3) is 0 Å². The van der Waals surface area contributed by atoms with Crippen molar-refractivity contribution in [2.45, 2.75) is 32.3 Å². The minimum absolute atomic E-state index is 0.0723. The molecule has 2 amide bonds. The molecule has 1 aromatic heterocycles. The average Bonchev–Trinajstić information content (AvgIpc) is 3.09. The number of urea groups is 1. The van der Waals surface area contributed by atoms with Crippen LogP contribution in [0, 0.1) is 13.8 Å². The van der Waals surface area contributed by atoms with Gasteiger partial charge >= 0.3 is 6.03 Å². The number of aromatic nitrogens is 2. The molecule has 2 aliphatic rings. The number of aryl methyl sites for hydroxylation is 2. The number of nitrogens with zero attached hydrogens (tertiary/aromatic N) is 4. The van der Waals surface area contributed by atoms with Crippen LogP contribution in [0.1, 0.15) is 28.9 Å². The summed E-state index contributed by atoms with van der Waals surface area (Å²) in [7, 11) is 3.90. The largest absolute Gasteiger partial charge is 0.376 e. The van der Waals surface area contributed by atoms with Crippen LogP contribution < -0.4 is 10.2 Å². The van der Waals surface area contributed by atoms with Crippen LogP contribution in [-0.2, 0) is 16.8 Å². The minimum atomic E-state index is -0.269. The molecule has 2 aromatic rings. The second kappa shape index (κ2) is 7.05. The molecular weight excluding hydrogens is 354 g/mol. The zero-order chi connectivity index (χ0) is 19.9. The Kier molecular flexibility index (Phi) is 4.71. The van der Waals surface area contributed by atoms with Gasteiger partial charge < -0.3 is 19.9 Å². The second-order valence-electron chi connectivity index (χ2n) is 8.02. The van der Waals surface area contributed by atoms with E-state index in [1.54, 1.807) is 0 Å². The van der Waals surface area contributed by atoms with Crippen molar-refractivity contribution in [3.05, 3.63) is 46.8 Å². The number of ether oxygens (including phenoxy) is 1. The number of rotatable bonds is 2. The van der Waals surface area contributed by atoms with Gasteiger partial charge in [-0.15, -0.1) is 0 Å². The van der Waals surface area contributed by atoms with Gasteiger partial charge in [-0.3, -0.25) is 0 Å². The first kappa shape index (κ1) is 18.7. The zero-order valence-corrected chi connectivity index (χ0v) is 17.0. The lowest BCUT2D eigenvalue weighted by molar-refractivity contribution is 0.0516. The molecule has 1 saturated heterocycles. The van der Waals surface area contributed by atoms with Gasteiger partial charge in [0.15, 0.2) is 0 Å². The molecule has 1 aromatic carbocycles. The van der Waals surface area contributed by atoms with Gasteiger partial charge in [-0.1, -0.05) is 18.2 Å². The van der Waals surface area contributed by atoms with E-state index in [0.717, 1.165) is 34.6 Å². The number of nitrogens with one attached hydrogen (secondary N) is 1. The fourth-order valence-corrected chi connectivity index (χ4v) is 4.07. The fourth-order valence-electron chi connectivity index (χ4n) is 4.07. The molecule has 0 bridgehead atoms. The molecule has 0 saturated carbocycles. The first-order valence-electron chi connectivity index (χ1n) is 9.64. The number of benzene rings is 1. The third-order valence-corrected chi connectivity index (χ3v) is 5.76. The maximum atomic E-state index is 12.9. The Morgan fingerprint density at radius 3 is 2.79 bits per heavy atom. The van der Waals surface area contributed by atoms with Crippen molar-refractivity contribution in [2.24, 2.45) is 0 Å². The Labute approximate surface area is 165 Å². The summed E-state index contributed by atoms with van der Waals surface area (Å²) in [5, 5.41) is 3.04. The minimum Gasteiger partial charge on any atom is -0.376 e. The Hall–Kier alpha value is -2.67. The van der Waals surface area contributed by atoms with E-state index in [9.17, 15) is 4.79 Å². The number of fused-ring (bicyclic) bond motifs is 2. The number of likely N-dealkylation sites (tertiary alicyclic amines) is 1. The molecule has 0 aliphatic carbocycles. The van der Waals surface area contributed by atoms with Crippen LogP contribution >= 0.6 is 0 Å². The molecule has 0 radical (unpaired) electrons. The van der Waals surface area contributed by atoms with Gasteiger partial charge in [-0.25, -0.2) is 14.8 Å². The van der Waals surface area contributed by atoms with E-state index in [-0.39, 0.29) is 11.4 Å². The van der Waals surface area contributed by atoms with E-state index in [2.05, 4.69) is 10.3 Å². The number of anilines is 2. The topological polar surface area (TPSA) is 70.6 Å². The number of carbonyl (C=O) groups is 1. The predicted molar refractivity (Wildman–Crippen MR) is 109 cm³/mol. The maximum absolute atomic E-state index is 12.9. The highest BCUT2D eigenvalue weighted by Crippen LogP contribution is 2.40. The number of hydrogen-bond donors (Lipinski definition) is 1. The van der Waals surface area contributed by atoms with Crippen LogP contribution in [0.3, 0.4) is 0 Å². The molecule has 7 nitrogen and oxygen atoms in total. The van der Waals surface area contributed by atoms with E-state index in [1.807, 2.05) is 62.0 Å². The van der Waals surface area contributed by atoms with Crippen molar-refractivity contribution < 1.29 is 9.53 Å². The second-order valence-corrected chi connectivity index (χ2v) is 8.02. The zero-order valence-electron chi connectivity index (χ0n) is 17.0. The summed E-state index contributed by atoms with van der Waals surface area (Å²) >= 11 is 0. The van der Waals surface area contributed by atoms with Crippen molar-refractivity contribution in [3.63, 3.8) is 0 Å². The Morgan fingerprint density at radius 2 is 2.04 bits per heavy atom. The van der Waals surface area contributed by atoms with E-state index in [4.69, 9.17) is 9.72 Å². The Balaban J connectivity index is 1.60. The lowest BCUT2D eigenvalue weighted by Gasteiger charge is -2.35. The highest BCUT2D eigenvalue weighted by molar-refractivity contribution is 5.90. The van der Waals surface area contributed by atoms with E-state index in [0.29, 0.717) is 32.3 Å². The van der Waals surface area contributed by atoms with Crippen molar-refractivity contribution >= 4 is 17.7 Å². The van der Waals surface area contributed by atoms with Gasteiger partial charge in [0.25, 0.3) is 0 Å². The first-order valence-corrected chi connectivity index (χ1v) is 9.64. The van der Waals surface area contributed by atoms with Gasteiger partial charge in [0.1, 0.15) is 0 Å². The van der Waals surface area contributed by atoms with Crippen molar-refractivity contribution in [3.8, 4) is 0 Å². The number of carbonyl (C=O) groups excluding carboxylic acids is 1. The molecule has 4 rings (SSSR count).